The Labute approximate surface area is 133 Å². The lowest BCUT2D eigenvalue weighted by molar-refractivity contribution is -0.148. The fourth-order valence-electron chi connectivity index (χ4n) is 2.47. The number of carbonyl (C=O) groups excluding carboxylic acids is 1. The van der Waals surface area contributed by atoms with Crippen molar-refractivity contribution in [2.75, 3.05) is 5.32 Å². The van der Waals surface area contributed by atoms with Crippen LogP contribution in [-0.4, -0.2) is 34.0 Å². The second kappa shape index (κ2) is 5.81. The van der Waals surface area contributed by atoms with Crippen molar-refractivity contribution in [2.24, 2.45) is 0 Å². The Morgan fingerprint density at radius 1 is 1.35 bits per heavy atom. The fraction of sp³-hybridized carbons (Fsp3) is 0.500. The molecule has 1 fully saturated rings. The molecule has 0 aliphatic heterocycles. The molecule has 2 rings (SSSR count). The molecule has 1 atom stereocenters. The minimum Gasteiger partial charge on any atom is -0.479 e. The zero-order valence-electron chi connectivity index (χ0n) is 13.2. The van der Waals surface area contributed by atoms with E-state index < -0.39 is 35.0 Å². The van der Waals surface area contributed by atoms with E-state index in [0.29, 0.717) is 12.8 Å². The monoisotopic (exact) mass is 325 g/mol. The van der Waals surface area contributed by atoms with Crippen LogP contribution in [0.1, 0.15) is 39.2 Å². The third kappa shape index (κ3) is 3.79. The number of hydrogen-bond donors (Lipinski definition) is 3. The third-order valence-electron chi connectivity index (χ3n) is 3.69. The fourth-order valence-corrected chi connectivity index (χ4v) is 2.47. The van der Waals surface area contributed by atoms with Crippen molar-refractivity contribution in [3.63, 3.8) is 0 Å². The number of amides is 1. The van der Waals surface area contributed by atoms with Crippen molar-refractivity contribution in [1.82, 2.24) is 0 Å². The lowest BCUT2D eigenvalue weighted by atomic mass is 9.89. The van der Waals surface area contributed by atoms with Gasteiger partial charge in [0.15, 0.2) is 6.10 Å². The maximum absolute atomic E-state index is 14.1. The normalized spacial score (nSPS) is 17.3. The number of rotatable bonds is 4. The van der Waals surface area contributed by atoms with Gasteiger partial charge in [0.05, 0.1) is 0 Å². The van der Waals surface area contributed by atoms with E-state index in [-0.39, 0.29) is 11.3 Å². The molecule has 1 aromatic rings. The first-order valence-electron chi connectivity index (χ1n) is 7.26. The predicted molar refractivity (Wildman–Crippen MR) is 80.8 cm³/mol. The van der Waals surface area contributed by atoms with Crippen LogP contribution in [0.5, 0.6) is 0 Å². The van der Waals surface area contributed by atoms with Crippen LogP contribution in [-0.2, 0) is 14.9 Å². The number of aliphatic carboxylic acids is 1. The summed E-state index contributed by atoms with van der Waals surface area (Å²) >= 11 is 0. The molecule has 1 unspecified atom stereocenters. The second-order valence-corrected chi connectivity index (χ2v) is 6.72. The summed E-state index contributed by atoms with van der Waals surface area (Å²) in [7, 11) is 0. The Kier molecular flexibility index (Phi) is 4.34. The minimum absolute atomic E-state index is 0.0842. The van der Waals surface area contributed by atoms with E-state index in [1.54, 1.807) is 20.8 Å². The number of hydrogen-bond acceptors (Lipinski definition) is 4. The quantitative estimate of drug-likeness (QED) is 0.791. The lowest BCUT2D eigenvalue weighted by Crippen LogP contribution is -2.34. The highest BCUT2D eigenvalue weighted by atomic mass is 19.1. The van der Waals surface area contributed by atoms with E-state index in [1.807, 2.05) is 0 Å². The number of benzene rings is 1. The van der Waals surface area contributed by atoms with Crippen LogP contribution in [0.3, 0.4) is 0 Å². The molecule has 3 N–H and O–H groups in total. The Morgan fingerprint density at radius 3 is 2.43 bits per heavy atom. The molecule has 0 heterocycles. The van der Waals surface area contributed by atoms with Crippen LogP contribution in [0.25, 0.3) is 0 Å². The van der Waals surface area contributed by atoms with Crippen molar-refractivity contribution in [1.29, 1.82) is 0 Å². The van der Waals surface area contributed by atoms with Crippen LogP contribution in [0.2, 0.25) is 0 Å². The van der Waals surface area contributed by atoms with Gasteiger partial charge in [0.2, 0.25) is 0 Å². The lowest BCUT2D eigenvalue weighted by Gasteiger charge is -2.22. The molecular formula is C16H20FNO5. The molecule has 6 nitrogen and oxygen atoms in total. The number of anilines is 1. The van der Waals surface area contributed by atoms with E-state index in [0.717, 1.165) is 6.07 Å². The molecule has 0 aromatic heterocycles. The summed E-state index contributed by atoms with van der Waals surface area (Å²) in [5.74, 6) is -2.01. The first kappa shape index (κ1) is 17.2. The number of carboxylic acids is 1. The summed E-state index contributed by atoms with van der Waals surface area (Å²) in [6.45, 7) is 5.14. The van der Waals surface area contributed by atoms with E-state index in [9.17, 15) is 19.1 Å². The van der Waals surface area contributed by atoms with Crippen molar-refractivity contribution in [3.05, 3.63) is 29.6 Å². The largest absolute Gasteiger partial charge is 0.479 e. The highest BCUT2D eigenvalue weighted by Crippen LogP contribution is 2.52. The molecule has 1 aliphatic rings. The smallest absolute Gasteiger partial charge is 0.412 e. The molecule has 1 saturated carbocycles. The first-order valence-corrected chi connectivity index (χ1v) is 7.26. The molecule has 0 bridgehead atoms. The number of nitrogens with one attached hydrogen (secondary N) is 1. The predicted octanol–water partition coefficient (Wildman–Crippen LogP) is 2.65. The summed E-state index contributed by atoms with van der Waals surface area (Å²) in [5, 5.41) is 21.3. The van der Waals surface area contributed by atoms with Crippen LogP contribution < -0.4 is 5.32 Å². The Balaban J connectivity index is 2.24. The molecule has 0 spiro atoms. The third-order valence-corrected chi connectivity index (χ3v) is 3.69. The van der Waals surface area contributed by atoms with Gasteiger partial charge in [-0.3, -0.25) is 5.32 Å². The van der Waals surface area contributed by atoms with Crippen molar-refractivity contribution < 1.29 is 28.9 Å². The molecule has 126 valence electrons. The van der Waals surface area contributed by atoms with Gasteiger partial charge < -0.3 is 14.9 Å². The van der Waals surface area contributed by atoms with Gasteiger partial charge in [-0.15, -0.1) is 0 Å². The molecular weight excluding hydrogens is 305 g/mol. The number of aliphatic hydroxyl groups excluding tert-OH is 1. The van der Waals surface area contributed by atoms with Gasteiger partial charge in [-0.1, -0.05) is 0 Å². The average Bonchev–Trinajstić information content (AvgIpc) is 3.19. The Morgan fingerprint density at radius 2 is 1.96 bits per heavy atom. The number of aliphatic hydroxyl groups is 1. The van der Waals surface area contributed by atoms with Crippen LogP contribution >= 0.6 is 0 Å². The van der Waals surface area contributed by atoms with Gasteiger partial charge in [0.1, 0.15) is 11.4 Å². The number of carboxylic acid groups (broad SMARTS) is 1. The summed E-state index contributed by atoms with van der Waals surface area (Å²) < 4.78 is 19.2. The molecule has 0 radical (unpaired) electrons. The van der Waals surface area contributed by atoms with Gasteiger partial charge in [-0.2, -0.15) is 0 Å². The molecule has 1 aromatic carbocycles. The molecule has 1 aliphatic carbocycles. The highest BCUT2D eigenvalue weighted by molar-refractivity contribution is 5.85. The average molecular weight is 325 g/mol. The van der Waals surface area contributed by atoms with E-state index in [4.69, 9.17) is 9.84 Å². The maximum Gasteiger partial charge on any atom is 0.412 e. The van der Waals surface area contributed by atoms with Crippen molar-refractivity contribution >= 4 is 17.7 Å². The summed E-state index contributed by atoms with van der Waals surface area (Å²) in [5.41, 5.74) is -1.45. The standard InChI is InChI=1S/C16H20FNO5/c1-15(2,3)23-14(22)18-9-4-5-11(17)10(8-9)16(6-7-16)12(19)13(20)21/h4-5,8,12,19H,6-7H2,1-3H3,(H,18,22)(H,20,21). The SMILES string of the molecule is CC(C)(C)OC(=O)Nc1ccc(F)c(C2(C(O)C(=O)O)CC2)c1. The first-order chi connectivity index (χ1) is 10.5. The summed E-state index contributed by atoms with van der Waals surface area (Å²) in [6.07, 6.45) is -1.65. The number of halogens is 1. The molecule has 23 heavy (non-hydrogen) atoms. The van der Waals surface area contributed by atoms with Gasteiger partial charge in [-0.25, -0.2) is 14.0 Å². The molecule has 7 heteroatoms. The number of carbonyl (C=O) groups is 2. The Hall–Kier alpha value is -2.15. The van der Waals surface area contributed by atoms with Crippen LogP contribution in [0.15, 0.2) is 18.2 Å². The van der Waals surface area contributed by atoms with Gasteiger partial charge in [0, 0.05) is 11.1 Å². The highest BCUT2D eigenvalue weighted by Gasteiger charge is 2.54. The van der Waals surface area contributed by atoms with Gasteiger partial charge >= 0.3 is 12.1 Å². The molecule has 1 amide bonds. The van der Waals surface area contributed by atoms with Crippen molar-refractivity contribution in [2.45, 2.75) is 50.7 Å². The van der Waals surface area contributed by atoms with Crippen LogP contribution in [0, 0.1) is 5.82 Å². The van der Waals surface area contributed by atoms with Gasteiger partial charge in [0.25, 0.3) is 0 Å². The van der Waals surface area contributed by atoms with Crippen LogP contribution in [0.4, 0.5) is 14.9 Å². The zero-order chi connectivity index (χ0) is 17.4. The van der Waals surface area contributed by atoms with Crippen molar-refractivity contribution in [3.8, 4) is 0 Å². The summed E-state index contributed by atoms with van der Waals surface area (Å²) in [4.78, 5) is 22.8. The summed E-state index contributed by atoms with van der Waals surface area (Å²) in [6, 6.07) is 3.83. The topological polar surface area (TPSA) is 95.9 Å². The minimum atomic E-state index is -1.69. The van der Waals surface area contributed by atoms with E-state index in [1.165, 1.54) is 12.1 Å². The zero-order valence-corrected chi connectivity index (χ0v) is 13.2. The molecule has 0 saturated heterocycles. The maximum atomic E-state index is 14.1. The second-order valence-electron chi connectivity index (χ2n) is 6.72. The Bertz CT molecular complexity index is 634. The van der Waals surface area contributed by atoms with Gasteiger partial charge in [-0.05, 0) is 57.4 Å². The number of ether oxygens (including phenoxy) is 1. The van der Waals surface area contributed by atoms with E-state index in [2.05, 4.69) is 5.32 Å². The van der Waals surface area contributed by atoms with E-state index >= 15 is 0 Å².